The van der Waals surface area contributed by atoms with Gasteiger partial charge in [0.15, 0.2) is 0 Å². The number of nitrogens with zero attached hydrogens (tertiary/aromatic N) is 2. The van der Waals surface area contributed by atoms with E-state index >= 15 is 0 Å². The summed E-state index contributed by atoms with van der Waals surface area (Å²) in [5.74, 6) is -0.574. The van der Waals surface area contributed by atoms with Crippen LogP contribution in [0, 0.1) is 0 Å². The summed E-state index contributed by atoms with van der Waals surface area (Å²) in [5.41, 5.74) is 0.824. The Morgan fingerprint density at radius 3 is 2.48 bits per heavy atom. The van der Waals surface area contributed by atoms with Crippen molar-refractivity contribution in [3.63, 3.8) is 0 Å². The third-order valence-corrected chi connectivity index (χ3v) is 6.70. The van der Waals surface area contributed by atoms with Gasteiger partial charge in [-0.15, -0.1) is 11.3 Å². The lowest BCUT2D eigenvalue weighted by Crippen LogP contribution is -2.53. The van der Waals surface area contributed by atoms with Gasteiger partial charge < -0.3 is 20.3 Å². The molecule has 8 heteroatoms. The molecule has 168 valence electrons. The second-order valence-electron chi connectivity index (χ2n) is 7.69. The summed E-state index contributed by atoms with van der Waals surface area (Å²) >= 11 is 1.69. The van der Waals surface area contributed by atoms with Gasteiger partial charge >= 0.3 is 11.8 Å². The predicted octanol–water partition coefficient (Wildman–Crippen LogP) is 2.26. The molecular weight excluding hydrogens is 412 g/mol. The molecule has 0 unspecified atom stereocenters. The normalized spacial score (nSPS) is 17.0. The van der Waals surface area contributed by atoms with E-state index in [4.69, 9.17) is 4.74 Å². The number of piperazine rings is 1. The zero-order valence-corrected chi connectivity index (χ0v) is 19.3. The number of amides is 2. The number of carbonyl (C=O) groups excluding carboxylic acids is 2. The van der Waals surface area contributed by atoms with Gasteiger partial charge in [-0.1, -0.05) is 31.2 Å². The predicted molar refractivity (Wildman–Crippen MR) is 123 cm³/mol. The van der Waals surface area contributed by atoms with Crippen LogP contribution in [0.5, 0.6) is 5.75 Å². The number of nitrogens with one attached hydrogen (secondary N) is 2. The number of ether oxygens (including phenoxy) is 1. The standard InChI is InChI=1S/C23H32N4O3S/c1-4-26-11-13-27(14-12-26)21(20-10-7-15-31-20)17(2)25-23(29)22(28)24-16-18-8-5-6-9-19(18)30-3/h5-10,15,17,21H,4,11-14,16H2,1-3H3,(H,24,28)(H,25,29)/t17-,21+/m1/s1. The monoisotopic (exact) mass is 444 g/mol. The molecule has 1 aromatic carbocycles. The minimum atomic E-state index is -0.640. The van der Waals surface area contributed by atoms with Crippen LogP contribution in [0.3, 0.4) is 0 Å². The Labute approximate surface area is 188 Å². The molecule has 3 rings (SSSR count). The van der Waals surface area contributed by atoms with Crippen LogP contribution >= 0.6 is 11.3 Å². The van der Waals surface area contributed by atoms with Crippen molar-refractivity contribution in [2.45, 2.75) is 32.5 Å². The Morgan fingerprint density at radius 1 is 1.10 bits per heavy atom. The summed E-state index contributed by atoms with van der Waals surface area (Å²) in [6, 6.07) is 11.4. The molecule has 31 heavy (non-hydrogen) atoms. The molecule has 0 saturated carbocycles. The fourth-order valence-corrected chi connectivity index (χ4v) is 4.98. The first-order chi connectivity index (χ1) is 15.0. The zero-order chi connectivity index (χ0) is 22.2. The lowest BCUT2D eigenvalue weighted by Gasteiger charge is -2.41. The largest absolute Gasteiger partial charge is 0.496 e. The van der Waals surface area contributed by atoms with E-state index in [1.165, 1.54) is 4.88 Å². The highest BCUT2D eigenvalue weighted by Gasteiger charge is 2.31. The van der Waals surface area contributed by atoms with Crippen LogP contribution < -0.4 is 15.4 Å². The number of para-hydroxylation sites is 1. The maximum atomic E-state index is 12.6. The number of carbonyl (C=O) groups is 2. The van der Waals surface area contributed by atoms with E-state index in [9.17, 15) is 9.59 Å². The highest BCUT2D eigenvalue weighted by atomic mass is 32.1. The van der Waals surface area contributed by atoms with Crippen molar-refractivity contribution in [1.29, 1.82) is 0 Å². The van der Waals surface area contributed by atoms with Crippen molar-refractivity contribution in [3.8, 4) is 5.75 Å². The Balaban J connectivity index is 1.60. The zero-order valence-electron chi connectivity index (χ0n) is 18.5. The quantitative estimate of drug-likeness (QED) is 0.611. The topological polar surface area (TPSA) is 73.9 Å². The van der Waals surface area contributed by atoms with Crippen molar-refractivity contribution in [1.82, 2.24) is 20.4 Å². The van der Waals surface area contributed by atoms with E-state index in [1.54, 1.807) is 18.4 Å². The van der Waals surface area contributed by atoms with Crippen molar-refractivity contribution in [2.24, 2.45) is 0 Å². The highest BCUT2D eigenvalue weighted by Crippen LogP contribution is 2.29. The Kier molecular flexibility index (Phi) is 8.45. The van der Waals surface area contributed by atoms with E-state index < -0.39 is 11.8 Å². The number of hydrogen-bond donors (Lipinski definition) is 2. The van der Waals surface area contributed by atoms with Gasteiger partial charge in [0.1, 0.15) is 5.75 Å². The van der Waals surface area contributed by atoms with Crippen molar-refractivity contribution in [3.05, 3.63) is 52.2 Å². The molecule has 0 radical (unpaired) electrons. The summed E-state index contributed by atoms with van der Waals surface area (Å²) < 4.78 is 5.30. The van der Waals surface area contributed by atoms with E-state index in [0.29, 0.717) is 5.75 Å². The molecule has 2 N–H and O–H groups in total. The number of likely N-dealkylation sites (N-methyl/N-ethyl adjacent to an activating group) is 1. The van der Waals surface area contributed by atoms with Gasteiger partial charge in [0, 0.05) is 49.2 Å². The summed E-state index contributed by atoms with van der Waals surface area (Å²) in [4.78, 5) is 31.1. The van der Waals surface area contributed by atoms with E-state index in [0.717, 1.165) is 38.3 Å². The summed E-state index contributed by atoms with van der Waals surface area (Å²) in [6.07, 6.45) is 0. The number of rotatable bonds is 8. The fraction of sp³-hybridized carbons (Fsp3) is 0.478. The van der Waals surface area contributed by atoms with Crippen LogP contribution in [0.2, 0.25) is 0 Å². The second kappa shape index (κ2) is 11.3. The molecule has 7 nitrogen and oxygen atoms in total. The van der Waals surface area contributed by atoms with Crippen LogP contribution in [0.4, 0.5) is 0 Å². The molecule has 1 fully saturated rings. The summed E-state index contributed by atoms with van der Waals surface area (Å²) in [6.45, 7) is 9.35. The smallest absolute Gasteiger partial charge is 0.309 e. The number of benzene rings is 1. The van der Waals surface area contributed by atoms with Crippen LogP contribution in [-0.4, -0.2) is 67.5 Å². The van der Waals surface area contributed by atoms with Gasteiger partial charge in [-0.2, -0.15) is 0 Å². The maximum Gasteiger partial charge on any atom is 0.309 e. The number of hydrogen-bond acceptors (Lipinski definition) is 6. The van der Waals surface area contributed by atoms with Gasteiger partial charge in [-0.25, -0.2) is 0 Å². The highest BCUT2D eigenvalue weighted by molar-refractivity contribution is 7.10. The van der Waals surface area contributed by atoms with E-state index in [1.807, 2.05) is 37.3 Å². The van der Waals surface area contributed by atoms with Gasteiger partial charge in [0.25, 0.3) is 0 Å². The van der Waals surface area contributed by atoms with Crippen molar-refractivity contribution >= 4 is 23.2 Å². The minimum Gasteiger partial charge on any atom is -0.496 e. The third-order valence-electron chi connectivity index (χ3n) is 5.75. The van der Waals surface area contributed by atoms with Crippen LogP contribution in [0.15, 0.2) is 41.8 Å². The molecular formula is C23H32N4O3S. The van der Waals surface area contributed by atoms with Gasteiger partial charge in [-0.05, 0) is 31.0 Å². The first-order valence-electron chi connectivity index (χ1n) is 10.7. The summed E-state index contributed by atoms with van der Waals surface area (Å²) in [7, 11) is 1.58. The molecule has 2 aromatic rings. The van der Waals surface area contributed by atoms with Crippen molar-refractivity contribution in [2.75, 3.05) is 39.8 Å². The van der Waals surface area contributed by atoms with Crippen molar-refractivity contribution < 1.29 is 14.3 Å². The van der Waals surface area contributed by atoms with Crippen LogP contribution in [0.25, 0.3) is 0 Å². The molecule has 2 heterocycles. The molecule has 0 bridgehead atoms. The van der Waals surface area contributed by atoms with E-state index in [-0.39, 0.29) is 18.6 Å². The number of thiophene rings is 1. The molecule has 1 aromatic heterocycles. The Morgan fingerprint density at radius 2 is 1.84 bits per heavy atom. The second-order valence-corrected chi connectivity index (χ2v) is 8.67. The molecule has 2 amide bonds. The molecule has 0 aliphatic carbocycles. The maximum absolute atomic E-state index is 12.6. The van der Waals surface area contributed by atoms with Gasteiger partial charge in [0.2, 0.25) is 0 Å². The minimum absolute atomic E-state index is 0.0463. The lowest BCUT2D eigenvalue weighted by molar-refractivity contribution is -0.140. The molecule has 2 atom stereocenters. The lowest BCUT2D eigenvalue weighted by atomic mass is 10.0. The van der Waals surface area contributed by atoms with Gasteiger partial charge in [-0.3, -0.25) is 14.5 Å². The van der Waals surface area contributed by atoms with Gasteiger partial charge in [0.05, 0.1) is 13.2 Å². The first kappa shape index (κ1) is 23.2. The van der Waals surface area contributed by atoms with Crippen LogP contribution in [-0.2, 0) is 16.1 Å². The Bertz CT molecular complexity index is 850. The molecule has 1 aliphatic heterocycles. The average molecular weight is 445 g/mol. The SMILES string of the molecule is CCN1CCN([C@H](c2cccs2)[C@@H](C)NC(=O)C(=O)NCc2ccccc2OC)CC1. The fourth-order valence-electron chi connectivity index (χ4n) is 4.02. The first-order valence-corrected chi connectivity index (χ1v) is 11.6. The third kappa shape index (κ3) is 6.06. The molecule has 1 saturated heterocycles. The summed E-state index contributed by atoms with van der Waals surface area (Å²) in [5, 5.41) is 7.68. The van der Waals surface area contributed by atoms with E-state index in [2.05, 4.69) is 38.8 Å². The Hall–Kier alpha value is -2.42. The molecule has 0 spiro atoms. The van der Waals surface area contributed by atoms with Crippen LogP contribution in [0.1, 0.15) is 30.3 Å². The molecule has 1 aliphatic rings. The average Bonchev–Trinajstić information content (AvgIpc) is 3.32. The number of methoxy groups -OCH3 is 1.